The second-order valence-corrected chi connectivity index (χ2v) is 8.08. The average Bonchev–Trinajstić information content (AvgIpc) is 2.95. The van der Waals surface area contributed by atoms with Gasteiger partial charge in [-0.3, -0.25) is 10.1 Å². The van der Waals surface area contributed by atoms with Crippen LogP contribution in [0.4, 0.5) is 11.4 Å². The lowest BCUT2D eigenvalue weighted by molar-refractivity contribution is -0.384. The van der Waals surface area contributed by atoms with E-state index >= 15 is 0 Å². The van der Waals surface area contributed by atoms with E-state index < -0.39 is 0 Å². The molecule has 0 aliphatic carbocycles. The Balaban J connectivity index is 2.49. The molecular formula is C20H29N3O2S. The monoisotopic (exact) mass is 375 g/mol. The van der Waals surface area contributed by atoms with Crippen LogP contribution in [0.25, 0.3) is 0 Å². The van der Waals surface area contributed by atoms with Gasteiger partial charge in [-0.05, 0) is 36.8 Å². The number of rotatable bonds is 8. The molecule has 0 N–H and O–H groups in total. The molecule has 0 spiro atoms. The van der Waals surface area contributed by atoms with E-state index in [1.807, 2.05) is 6.92 Å². The Labute approximate surface area is 159 Å². The summed E-state index contributed by atoms with van der Waals surface area (Å²) in [5, 5.41) is 13.2. The van der Waals surface area contributed by atoms with Crippen molar-refractivity contribution in [2.75, 3.05) is 0 Å². The molecule has 0 atom stereocenters. The van der Waals surface area contributed by atoms with Gasteiger partial charge in [-0.1, -0.05) is 40.5 Å². The molecule has 26 heavy (non-hydrogen) atoms. The van der Waals surface area contributed by atoms with Gasteiger partial charge in [0.05, 0.1) is 10.6 Å². The van der Waals surface area contributed by atoms with Crippen molar-refractivity contribution in [3.8, 4) is 0 Å². The molecule has 0 radical (unpaired) electrons. The third-order valence-corrected chi connectivity index (χ3v) is 5.61. The van der Waals surface area contributed by atoms with Crippen molar-refractivity contribution in [1.82, 2.24) is 4.57 Å². The summed E-state index contributed by atoms with van der Waals surface area (Å²) >= 11 is 1.66. The molecule has 0 saturated carbocycles. The van der Waals surface area contributed by atoms with Crippen LogP contribution >= 0.6 is 11.3 Å². The van der Waals surface area contributed by atoms with Crippen molar-refractivity contribution in [2.45, 2.75) is 60.4 Å². The number of benzene rings is 1. The molecule has 5 nitrogen and oxygen atoms in total. The predicted octanol–water partition coefficient (Wildman–Crippen LogP) is 5.63. The summed E-state index contributed by atoms with van der Waals surface area (Å²) in [5.74, 6) is 1.22. The molecular weight excluding hydrogens is 346 g/mol. The zero-order chi connectivity index (χ0) is 19.3. The minimum absolute atomic E-state index is 0.109. The third-order valence-electron chi connectivity index (χ3n) is 4.70. The lowest BCUT2D eigenvalue weighted by Crippen LogP contribution is -2.22. The molecule has 0 fully saturated rings. The van der Waals surface area contributed by atoms with E-state index in [0.29, 0.717) is 11.8 Å². The van der Waals surface area contributed by atoms with Crippen LogP contribution in [0.5, 0.6) is 0 Å². The zero-order valence-electron chi connectivity index (χ0n) is 16.4. The Morgan fingerprint density at radius 3 is 2.50 bits per heavy atom. The van der Waals surface area contributed by atoms with Gasteiger partial charge < -0.3 is 4.57 Å². The van der Waals surface area contributed by atoms with Crippen molar-refractivity contribution < 1.29 is 4.92 Å². The number of hydrogen-bond acceptors (Lipinski definition) is 4. The molecule has 1 heterocycles. The molecule has 0 bridgehead atoms. The van der Waals surface area contributed by atoms with Gasteiger partial charge in [0.2, 0.25) is 0 Å². The summed E-state index contributed by atoms with van der Waals surface area (Å²) < 4.78 is 2.35. The molecule has 1 aromatic carbocycles. The summed E-state index contributed by atoms with van der Waals surface area (Å²) in [6.45, 7) is 11.8. The maximum atomic E-state index is 10.9. The number of hydrogen-bond donors (Lipinski definition) is 0. The van der Waals surface area contributed by atoms with Gasteiger partial charge in [-0.25, -0.2) is 4.99 Å². The fraction of sp³-hybridized carbons (Fsp3) is 0.550. The van der Waals surface area contributed by atoms with Crippen LogP contribution < -0.4 is 4.80 Å². The molecule has 6 heteroatoms. The summed E-state index contributed by atoms with van der Waals surface area (Å²) in [7, 11) is 0. The minimum Gasteiger partial charge on any atom is -0.321 e. The van der Waals surface area contributed by atoms with Crippen LogP contribution in [0.1, 0.15) is 51.8 Å². The normalized spacial score (nSPS) is 12.3. The van der Waals surface area contributed by atoms with E-state index in [0.717, 1.165) is 41.9 Å². The summed E-state index contributed by atoms with van der Waals surface area (Å²) in [5.41, 5.74) is 3.06. The van der Waals surface area contributed by atoms with Gasteiger partial charge in [-0.15, -0.1) is 11.3 Å². The molecule has 0 aliphatic rings. The first-order valence-corrected chi connectivity index (χ1v) is 10.2. The van der Waals surface area contributed by atoms with Crippen LogP contribution in [-0.4, -0.2) is 9.49 Å². The number of nitro benzene ring substituents is 1. The number of nitrogens with zero attached hydrogens (tertiary/aromatic N) is 3. The smallest absolute Gasteiger partial charge is 0.269 e. The van der Waals surface area contributed by atoms with E-state index in [1.54, 1.807) is 23.5 Å². The fourth-order valence-electron chi connectivity index (χ4n) is 3.02. The van der Waals surface area contributed by atoms with Crippen LogP contribution in [-0.2, 0) is 13.0 Å². The molecule has 2 aromatic rings. The number of aryl methyl sites for hydroxylation is 1. The Hall–Kier alpha value is -1.95. The number of non-ortho nitro benzene ring substituents is 1. The average molecular weight is 376 g/mol. The highest BCUT2D eigenvalue weighted by atomic mass is 32.1. The maximum Gasteiger partial charge on any atom is 0.269 e. The topological polar surface area (TPSA) is 60.4 Å². The summed E-state index contributed by atoms with van der Waals surface area (Å²) in [6, 6.07) is 4.86. The lowest BCUT2D eigenvalue weighted by Gasteiger charge is -2.17. The van der Waals surface area contributed by atoms with Crippen LogP contribution in [0, 0.1) is 28.9 Å². The van der Waals surface area contributed by atoms with Crippen molar-refractivity contribution in [2.24, 2.45) is 16.8 Å². The second kappa shape index (κ2) is 9.12. The van der Waals surface area contributed by atoms with Gasteiger partial charge in [-0.2, -0.15) is 0 Å². The zero-order valence-corrected chi connectivity index (χ0v) is 17.2. The second-order valence-electron chi connectivity index (χ2n) is 7.24. The summed E-state index contributed by atoms with van der Waals surface area (Å²) in [4.78, 5) is 16.4. The van der Waals surface area contributed by atoms with Crippen molar-refractivity contribution in [3.05, 3.63) is 49.8 Å². The highest BCUT2D eigenvalue weighted by Gasteiger charge is 2.13. The Bertz CT molecular complexity index is 817. The number of thiazole rings is 1. The Morgan fingerprint density at radius 2 is 1.96 bits per heavy atom. The van der Waals surface area contributed by atoms with Crippen LogP contribution in [0.3, 0.4) is 0 Å². The van der Waals surface area contributed by atoms with Crippen molar-refractivity contribution >= 4 is 22.7 Å². The minimum atomic E-state index is -0.365. The van der Waals surface area contributed by atoms with Gasteiger partial charge in [0.25, 0.3) is 5.69 Å². The maximum absolute atomic E-state index is 10.9. The highest BCUT2D eigenvalue weighted by molar-refractivity contribution is 7.07. The van der Waals surface area contributed by atoms with Crippen LogP contribution in [0.15, 0.2) is 28.6 Å². The Kier molecular flexibility index (Phi) is 7.14. The molecule has 0 amide bonds. The Morgan fingerprint density at radius 1 is 1.27 bits per heavy atom. The highest BCUT2D eigenvalue weighted by Crippen LogP contribution is 2.24. The molecule has 0 aliphatic heterocycles. The third kappa shape index (κ3) is 5.04. The number of nitro groups is 1. The largest absolute Gasteiger partial charge is 0.321 e. The standard InChI is InChI=1S/C20H29N3O2S/c1-6-16(7-2)12-22-18(10-14(3)4)13-26-20(22)21-19-9-8-17(23(24)25)11-15(19)5/h8-9,11,13-14,16H,6-7,10,12H2,1-5H3. The first-order chi connectivity index (χ1) is 12.3. The van der Waals surface area contributed by atoms with E-state index in [1.165, 1.54) is 11.8 Å². The van der Waals surface area contributed by atoms with E-state index in [4.69, 9.17) is 4.99 Å². The van der Waals surface area contributed by atoms with Crippen molar-refractivity contribution in [3.63, 3.8) is 0 Å². The van der Waals surface area contributed by atoms with Crippen molar-refractivity contribution in [1.29, 1.82) is 0 Å². The quantitative estimate of drug-likeness (QED) is 0.443. The molecule has 2 rings (SSSR count). The number of aromatic nitrogens is 1. The predicted molar refractivity (Wildman–Crippen MR) is 108 cm³/mol. The molecule has 0 saturated heterocycles. The van der Waals surface area contributed by atoms with E-state index in [2.05, 4.69) is 37.6 Å². The van der Waals surface area contributed by atoms with E-state index in [9.17, 15) is 10.1 Å². The van der Waals surface area contributed by atoms with Gasteiger partial charge in [0.1, 0.15) is 0 Å². The molecule has 142 valence electrons. The van der Waals surface area contributed by atoms with Gasteiger partial charge in [0, 0.05) is 29.8 Å². The first kappa shape index (κ1) is 20.4. The molecule has 0 unspecified atom stereocenters. The lowest BCUT2D eigenvalue weighted by atomic mass is 10.0. The van der Waals surface area contributed by atoms with E-state index in [-0.39, 0.29) is 10.6 Å². The van der Waals surface area contributed by atoms with Crippen LogP contribution in [0.2, 0.25) is 0 Å². The van der Waals surface area contributed by atoms with Gasteiger partial charge >= 0.3 is 0 Å². The molecule has 1 aromatic heterocycles. The SMILES string of the molecule is CCC(CC)Cn1c(CC(C)C)csc1=Nc1ccc([N+](=O)[O-])cc1C. The first-order valence-electron chi connectivity index (χ1n) is 9.32. The van der Waals surface area contributed by atoms with Gasteiger partial charge in [0.15, 0.2) is 4.80 Å². The fourth-order valence-corrected chi connectivity index (χ4v) is 3.95. The summed E-state index contributed by atoms with van der Waals surface area (Å²) in [6.07, 6.45) is 3.33.